The molecule has 0 saturated heterocycles. The van der Waals surface area contributed by atoms with Crippen molar-refractivity contribution in [2.24, 2.45) is 4.99 Å². The third-order valence-corrected chi connectivity index (χ3v) is 3.19. The van der Waals surface area contributed by atoms with E-state index in [4.69, 9.17) is 4.74 Å². The third kappa shape index (κ3) is 2.76. The number of allylic oxidation sites excluding steroid dienone is 1. The number of carbonyl (C=O) groups is 1. The van der Waals surface area contributed by atoms with E-state index in [1.807, 2.05) is 6.08 Å². The van der Waals surface area contributed by atoms with Crippen molar-refractivity contribution < 1.29 is 13.9 Å². The average molecular weight is 284 g/mol. The second-order valence-electron chi connectivity index (χ2n) is 4.69. The van der Waals surface area contributed by atoms with Crippen molar-refractivity contribution in [3.63, 3.8) is 0 Å². The Hall–Kier alpha value is -2.69. The predicted molar refractivity (Wildman–Crippen MR) is 77.2 cm³/mol. The molecule has 2 atom stereocenters. The molecule has 4 nitrogen and oxygen atoms in total. The number of hydrogen-bond acceptors (Lipinski definition) is 3. The molecule has 1 aromatic carbocycles. The maximum atomic E-state index is 13.2. The van der Waals surface area contributed by atoms with Gasteiger partial charge in [-0.15, -0.1) is 0 Å². The van der Waals surface area contributed by atoms with Crippen LogP contribution in [-0.4, -0.2) is 24.0 Å². The van der Waals surface area contributed by atoms with E-state index in [0.717, 1.165) is 0 Å². The van der Waals surface area contributed by atoms with Gasteiger partial charge < -0.3 is 10.1 Å². The Labute approximate surface area is 121 Å². The van der Waals surface area contributed by atoms with E-state index in [1.165, 1.54) is 18.2 Å². The Morgan fingerprint density at radius 3 is 3.10 bits per heavy atom. The van der Waals surface area contributed by atoms with Crippen molar-refractivity contribution >= 4 is 11.8 Å². The molecule has 1 aliphatic carbocycles. The number of amides is 1. The summed E-state index contributed by atoms with van der Waals surface area (Å²) in [4.78, 5) is 15.7. The molecule has 5 heteroatoms. The smallest absolute Gasteiger partial charge is 0.247 e. The zero-order valence-electron chi connectivity index (χ0n) is 11.1. The van der Waals surface area contributed by atoms with E-state index in [9.17, 15) is 9.18 Å². The van der Waals surface area contributed by atoms with Crippen LogP contribution in [0.1, 0.15) is 5.56 Å². The Kier molecular flexibility index (Phi) is 3.39. The van der Waals surface area contributed by atoms with E-state index < -0.39 is 0 Å². The Bertz CT molecular complexity index is 691. The van der Waals surface area contributed by atoms with Crippen molar-refractivity contribution in [1.82, 2.24) is 5.32 Å². The fraction of sp³-hybridized carbons (Fsp3) is 0.125. The number of nitrogens with one attached hydrogen (secondary N) is 1. The summed E-state index contributed by atoms with van der Waals surface area (Å²) in [6, 6.07) is 5.87. The van der Waals surface area contributed by atoms with Crippen molar-refractivity contribution in [1.29, 1.82) is 0 Å². The minimum absolute atomic E-state index is 0.228. The zero-order chi connectivity index (χ0) is 14.8. The summed E-state index contributed by atoms with van der Waals surface area (Å²) in [5.74, 6) is -0.210. The summed E-state index contributed by atoms with van der Waals surface area (Å²) in [6.45, 7) is 3.40. The van der Waals surface area contributed by atoms with Crippen LogP contribution in [0, 0.1) is 5.82 Å². The van der Waals surface area contributed by atoms with Crippen LogP contribution in [0.25, 0.3) is 0 Å². The molecule has 0 aromatic heterocycles. The zero-order valence-corrected chi connectivity index (χ0v) is 11.1. The molecule has 21 heavy (non-hydrogen) atoms. The first-order valence-corrected chi connectivity index (χ1v) is 6.49. The van der Waals surface area contributed by atoms with E-state index in [0.29, 0.717) is 17.2 Å². The maximum Gasteiger partial charge on any atom is 0.247 e. The predicted octanol–water partition coefficient (Wildman–Crippen LogP) is 2.10. The molecule has 106 valence electrons. The van der Waals surface area contributed by atoms with Gasteiger partial charge in [0.2, 0.25) is 11.8 Å². The summed E-state index contributed by atoms with van der Waals surface area (Å²) in [6.07, 6.45) is 6.35. The molecule has 0 radical (unpaired) electrons. The Morgan fingerprint density at radius 1 is 1.48 bits per heavy atom. The number of nitrogens with zero attached hydrogens (tertiary/aromatic N) is 1. The van der Waals surface area contributed by atoms with Crippen LogP contribution in [0.2, 0.25) is 0 Å². The van der Waals surface area contributed by atoms with Crippen LogP contribution in [0.3, 0.4) is 0 Å². The minimum atomic E-state index is -0.335. The van der Waals surface area contributed by atoms with Crippen LogP contribution >= 0.6 is 0 Å². The van der Waals surface area contributed by atoms with Crippen molar-refractivity contribution in [3.8, 4) is 0 Å². The molecule has 1 aliphatic heterocycles. The summed E-state index contributed by atoms with van der Waals surface area (Å²) in [5.41, 5.74) is 1.25. The number of ether oxygens (including phenoxy) is 1. The van der Waals surface area contributed by atoms with Crippen LogP contribution in [-0.2, 0) is 9.53 Å². The summed E-state index contributed by atoms with van der Waals surface area (Å²) < 4.78 is 18.9. The lowest BCUT2D eigenvalue weighted by molar-refractivity contribution is -0.115. The van der Waals surface area contributed by atoms with E-state index >= 15 is 0 Å². The van der Waals surface area contributed by atoms with E-state index in [1.54, 1.807) is 24.3 Å². The van der Waals surface area contributed by atoms with Gasteiger partial charge in [0.1, 0.15) is 18.0 Å². The summed E-state index contributed by atoms with van der Waals surface area (Å²) in [7, 11) is 0. The standard InChI is InChI=1S/C16H13FN2O2/c1-2-15(20)18-12-6-7-14-13(9-12)19-16(21-14)10-4-3-5-11(17)8-10/h2-9,13-14H,1H2,(H,18,20)/t13-,14-/m0/s1. The Morgan fingerprint density at radius 2 is 2.33 bits per heavy atom. The molecule has 1 N–H and O–H groups in total. The van der Waals surface area contributed by atoms with E-state index in [2.05, 4.69) is 16.9 Å². The van der Waals surface area contributed by atoms with Gasteiger partial charge >= 0.3 is 0 Å². The quantitative estimate of drug-likeness (QED) is 0.864. The van der Waals surface area contributed by atoms with Crippen LogP contribution in [0.4, 0.5) is 4.39 Å². The largest absolute Gasteiger partial charge is 0.467 e. The molecule has 0 unspecified atom stereocenters. The normalized spacial score (nSPS) is 22.7. The van der Waals surface area contributed by atoms with Gasteiger partial charge in [-0.05, 0) is 42.5 Å². The molecule has 0 fully saturated rings. The van der Waals surface area contributed by atoms with Crippen molar-refractivity contribution in [3.05, 3.63) is 72.2 Å². The second-order valence-corrected chi connectivity index (χ2v) is 4.69. The second kappa shape index (κ2) is 5.36. The lowest BCUT2D eigenvalue weighted by Crippen LogP contribution is -2.27. The highest BCUT2D eigenvalue weighted by atomic mass is 19.1. The molecule has 3 rings (SSSR count). The highest BCUT2D eigenvalue weighted by molar-refractivity contribution is 5.96. The van der Waals surface area contributed by atoms with Gasteiger partial charge in [0.25, 0.3) is 0 Å². The number of halogens is 1. The first-order valence-electron chi connectivity index (χ1n) is 6.49. The first-order chi connectivity index (χ1) is 10.2. The highest BCUT2D eigenvalue weighted by Crippen LogP contribution is 2.24. The first kappa shape index (κ1) is 13.3. The fourth-order valence-corrected chi connectivity index (χ4v) is 2.20. The molecule has 0 saturated carbocycles. The molecule has 1 heterocycles. The van der Waals surface area contributed by atoms with Gasteiger partial charge in [0, 0.05) is 11.3 Å². The Balaban J connectivity index is 1.81. The number of aliphatic imine (C=N–C) groups is 1. The van der Waals surface area contributed by atoms with Gasteiger partial charge in [-0.25, -0.2) is 9.38 Å². The topological polar surface area (TPSA) is 50.7 Å². The van der Waals surface area contributed by atoms with Crippen molar-refractivity contribution in [2.45, 2.75) is 12.1 Å². The molecule has 0 spiro atoms. The molecular weight excluding hydrogens is 271 g/mol. The summed E-state index contributed by atoms with van der Waals surface area (Å²) >= 11 is 0. The highest BCUT2D eigenvalue weighted by Gasteiger charge is 2.30. The van der Waals surface area contributed by atoms with Gasteiger partial charge in [-0.2, -0.15) is 0 Å². The van der Waals surface area contributed by atoms with Crippen molar-refractivity contribution in [2.75, 3.05) is 0 Å². The monoisotopic (exact) mass is 284 g/mol. The van der Waals surface area contributed by atoms with Gasteiger partial charge in [-0.1, -0.05) is 12.6 Å². The molecule has 1 aromatic rings. The lowest BCUT2D eigenvalue weighted by atomic mass is 10.1. The maximum absolute atomic E-state index is 13.2. The van der Waals surface area contributed by atoms with E-state index in [-0.39, 0.29) is 23.9 Å². The van der Waals surface area contributed by atoms with Gasteiger partial charge in [0.15, 0.2) is 0 Å². The fourth-order valence-electron chi connectivity index (χ4n) is 2.20. The third-order valence-electron chi connectivity index (χ3n) is 3.19. The van der Waals surface area contributed by atoms with Crippen LogP contribution in [0.5, 0.6) is 0 Å². The number of hydrogen-bond donors (Lipinski definition) is 1. The SMILES string of the molecule is C=CC(=O)NC1=C[C@@H]2N=C(c3cccc(F)c3)O[C@H]2C=C1. The van der Waals surface area contributed by atoms with Crippen LogP contribution in [0.15, 0.2) is 65.8 Å². The molecule has 0 bridgehead atoms. The van der Waals surface area contributed by atoms with Gasteiger partial charge in [0.05, 0.1) is 0 Å². The number of fused-ring (bicyclic) bond motifs is 1. The number of carbonyl (C=O) groups excluding carboxylic acids is 1. The molecular formula is C16H13FN2O2. The number of rotatable bonds is 3. The van der Waals surface area contributed by atoms with Gasteiger partial charge in [-0.3, -0.25) is 4.79 Å². The summed E-state index contributed by atoms with van der Waals surface area (Å²) in [5, 5.41) is 2.68. The number of benzene rings is 1. The molecule has 2 aliphatic rings. The average Bonchev–Trinajstić information content (AvgIpc) is 2.90. The minimum Gasteiger partial charge on any atom is -0.467 e. The van der Waals surface area contributed by atoms with Crippen LogP contribution < -0.4 is 5.32 Å². The molecule has 1 amide bonds. The lowest BCUT2D eigenvalue weighted by Gasteiger charge is -2.16.